The van der Waals surface area contributed by atoms with Crippen LogP contribution in [0.2, 0.25) is 0 Å². The zero-order chi connectivity index (χ0) is 17.1. The standard InChI is InChI=1S/C18H25N3O3.ClH/c1-24-18(23)13-7-10-20(11-8-13)17(22)12-21-9-3-4-14-15(19)5-2-6-16(14)21;/h2,5-6,13H,3-4,7-12,19H2,1H3;1H. The largest absolute Gasteiger partial charge is 0.469 e. The predicted molar refractivity (Wildman–Crippen MR) is 100.0 cm³/mol. The van der Waals surface area contributed by atoms with Gasteiger partial charge in [-0.3, -0.25) is 9.59 Å². The van der Waals surface area contributed by atoms with E-state index in [2.05, 4.69) is 4.90 Å². The van der Waals surface area contributed by atoms with Crippen molar-refractivity contribution in [1.82, 2.24) is 4.90 Å². The molecule has 1 aromatic rings. The van der Waals surface area contributed by atoms with Crippen molar-refractivity contribution in [3.8, 4) is 0 Å². The van der Waals surface area contributed by atoms with E-state index in [4.69, 9.17) is 10.5 Å². The third-order valence-electron chi connectivity index (χ3n) is 5.09. The number of amides is 1. The number of methoxy groups -OCH3 is 1. The lowest BCUT2D eigenvalue weighted by molar-refractivity contribution is -0.148. The molecule has 1 saturated heterocycles. The Hall–Kier alpha value is -1.95. The highest BCUT2D eigenvalue weighted by Gasteiger charge is 2.29. The molecule has 6 nitrogen and oxygen atoms in total. The number of likely N-dealkylation sites (tertiary alicyclic amines) is 1. The Morgan fingerprint density at radius 3 is 2.64 bits per heavy atom. The number of hydrogen-bond donors (Lipinski definition) is 1. The first-order chi connectivity index (χ1) is 11.6. The average molecular weight is 368 g/mol. The normalized spacial score (nSPS) is 17.5. The Morgan fingerprint density at radius 2 is 1.96 bits per heavy atom. The number of rotatable bonds is 3. The molecule has 2 aliphatic rings. The third kappa shape index (κ3) is 4.18. The van der Waals surface area contributed by atoms with Gasteiger partial charge in [-0.25, -0.2) is 0 Å². The van der Waals surface area contributed by atoms with Gasteiger partial charge in [-0.15, -0.1) is 12.4 Å². The van der Waals surface area contributed by atoms with Gasteiger partial charge in [0.05, 0.1) is 19.6 Å². The summed E-state index contributed by atoms with van der Waals surface area (Å²) < 4.78 is 4.79. The highest BCUT2D eigenvalue weighted by Crippen LogP contribution is 2.31. The van der Waals surface area contributed by atoms with Crippen LogP contribution in [-0.4, -0.2) is 50.1 Å². The Labute approximate surface area is 154 Å². The molecule has 0 bridgehead atoms. The van der Waals surface area contributed by atoms with Crippen LogP contribution in [0.1, 0.15) is 24.8 Å². The van der Waals surface area contributed by atoms with E-state index in [1.807, 2.05) is 23.1 Å². The van der Waals surface area contributed by atoms with Crippen LogP contribution >= 0.6 is 12.4 Å². The van der Waals surface area contributed by atoms with E-state index in [0.29, 0.717) is 32.5 Å². The number of benzene rings is 1. The molecule has 0 spiro atoms. The van der Waals surface area contributed by atoms with Gasteiger partial charge in [0.2, 0.25) is 5.91 Å². The number of anilines is 2. The number of nitrogens with zero attached hydrogens (tertiary/aromatic N) is 2. The fraction of sp³-hybridized carbons (Fsp3) is 0.556. The number of halogens is 1. The monoisotopic (exact) mass is 367 g/mol. The molecule has 0 aromatic heterocycles. The van der Waals surface area contributed by atoms with Gasteiger partial charge in [0.25, 0.3) is 0 Å². The second kappa shape index (κ2) is 8.43. The Kier molecular flexibility index (Phi) is 6.53. The van der Waals surface area contributed by atoms with Crippen molar-refractivity contribution in [3.05, 3.63) is 23.8 Å². The molecule has 0 saturated carbocycles. The fourth-order valence-corrected chi connectivity index (χ4v) is 3.69. The van der Waals surface area contributed by atoms with Crippen molar-refractivity contribution in [3.63, 3.8) is 0 Å². The maximum absolute atomic E-state index is 12.6. The molecular weight excluding hydrogens is 342 g/mol. The van der Waals surface area contributed by atoms with E-state index >= 15 is 0 Å². The lowest BCUT2D eigenvalue weighted by atomic mass is 9.96. The maximum atomic E-state index is 12.6. The van der Waals surface area contributed by atoms with Crippen molar-refractivity contribution in [2.24, 2.45) is 5.92 Å². The van der Waals surface area contributed by atoms with Crippen molar-refractivity contribution >= 4 is 35.7 Å². The summed E-state index contributed by atoms with van der Waals surface area (Å²) in [6.45, 7) is 2.49. The molecule has 0 unspecified atom stereocenters. The van der Waals surface area contributed by atoms with Crippen molar-refractivity contribution in [1.29, 1.82) is 0 Å². The molecular formula is C18H26ClN3O3. The summed E-state index contributed by atoms with van der Waals surface area (Å²) in [5.41, 5.74) is 9.11. The molecule has 2 heterocycles. The minimum Gasteiger partial charge on any atom is -0.469 e. The summed E-state index contributed by atoms with van der Waals surface area (Å²) in [5, 5.41) is 0. The van der Waals surface area contributed by atoms with E-state index in [1.54, 1.807) is 0 Å². The summed E-state index contributed by atoms with van der Waals surface area (Å²) in [6, 6.07) is 5.90. The summed E-state index contributed by atoms with van der Waals surface area (Å²) in [6.07, 6.45) is 3.35. The van der Waals surface area contributed by atoms with E-state index in [-0.39, 0.29) is 30.2 Å². The molecule has 3 rings (SSSR count). The number of nitrogens with two attached hydrogens (primary N) is 1. The summed E-state index contributed by atoms with van der Waals surface area (Å²) in [4.78, 5) is 28.2. The zero-order valence-corrected chi connectivity index (χ0v) is 15.4. The maximum Gasteiger partial charge on any atom is 0.308 e. The summed E-state index contributed by atoms with van der Waals surface area (Å²) in [7, 11) is 1.42. The fourth-order valence-electron chi connectivity index (χ4n) is 3.69. The first kappa shape index (κ1) is 19.4. The molecule has 0 aliphatic carbocycles. The van der Waals surface area contributed by atoms with Crippen molar-refractivity contribution in [2.75, 3.05) is 43.9 Å². The molecule has 0 radical (unpaired) electrons. The number of nitrogen functional groups attached to an aromatic ring is 1. The average Bonchev–Trinajstić information content (AvgIpc) is 2.62. The van der Waals surface area contributed by atoms with Gasteiger partial charge in [0.1, 0.15) is 0 Å². The van der Waals surface area contributed by atoms with E-state index < -0.39 is 0 Å². The number of hydrogen-bond acceptors (Lipinski definition) is 5. The first-order valence-electron chi connectivity index (χ1n) is 8.58. The molecule has 1 fully saturated rings. The van der Waals surface area contributed by atoms with Crippen molar-refractivity contribution < 1.29 is 14.3 Å². The van der Waals surface area contributed by atoms with Gasteiger partial charge in [0, 0.05) is 31.0 Å². The number of piperidine rings is 1. The SMILES string of the molecule is COC(=O)C1CCN(C(=O)CN2CCCc3c(N)cccc32)CC1.Cl. The molecule has 1 amide bonds. The lowest BCUT2D eigenvalue weighted by Gasteiger charge is -2.35. The quantitative estimate of drug-likeness (QED) is 0.651. The van der Waals surface area contributed by atoms with Crippen LogP contribution in [0.3, 0.4) is 0 Å². The Bertz CT molecular complexity index is 630. The number of esters is 1. The summed E-state index contributed by atoms with van der Waals surface area (Å²) in [5.74, 6) is -0.120. The number of fused-ring (bicyclic) bond motifs is 1. The minimum absolute atomic E-state index is 0. The Morgan fingerprint density at radius 1 is 1.24 bits per heavy atom. The van der Waals surface area contributed by atoms with Gasteiger partial charge in [-0.1, -0.05) is 6.07 Å². The van der Waals surface area contributed by atoms with E-state index in [0.717, 1.165) is 36.3 Å². The minimum atomic E-state index is -0.164. The molecule has 25 heavy (non-hydrogen) atoms. The number of carbonyl (C=O) groups is 2. The van der Waals surface area contributed by atoms with Crippen LogP contribution in [0.15, 0.2) is 18.2 Å². The van der Waals surface area contributed by atoms with Gasteiger partial charge in [0.15, 0.2) is 0 Å². The third-order valence-corrected chi connectivity index (χ3v) is 5.09. The molecule has 2 aliphatic heterocycles. The van der Waals surface area contributed by atoms with Crippen LogP contribution in [0.5, 0.6) is 0 Å². The van der Waals surface area contributed by atoms with Gasteiger partial charge >= 0.3 is 5.97 Å². The number of carbonyl (C=O) groups excluding carboxylic acids is 2. The second-order valence-corrected chi connectivity index (χ2v) is 6.55. The van der Waals surface area contributed by atoms with Crippen LogP contribution in [0, 0.1) is 5.92 Å². The summed E-state index contributed by atoms with van der Waals surface area (Å²) >= 11 is 0. The first-order valence-corrected chi connectivity index (χ1v) is 8.58. The number of ether oxygens (including phenoxy) is 1. The van der Waals surface area contributed by atoms with Crippen LogP contribution in [-0.2, 0) is 20.7 Å². The van der Waals surface area contributed by atoms with Crippen molar-refractivity contribution in [2.45, 2.75) is 25.7 Å². The van der Waals surface area contributed by atoms with Gasteiger partial charge in [-0.2, -0.15) is 0 Å². The molecule has 138 valence electrons. The topological polar surface area (TPSA) is 75.9 Å². The van der Waals surface area contributed by atoms with Crippen LogP contribution < -0.4 is 10.6 Å². The smallest absolute Gasteiger partial charge is 0.308 e. The van der Waals surface area contributed by atoms with Gasteiger partial charge < -0.3 is 20.3 Å². The highest BCUT2D eigenvalue weighted by atomic mass is 35.5. The van der Waals surface area contributed by atoms with Crippen LogP contribution in [0.4, 0.5) is 11.4 Å². The second-order valence-electron chi connectivity index (χ2n) is 6.55. The highest BCUT2D eigenvalue weighted by molar-refractivity contribution is 5.85. The van der Waals surface area contributed by atoms with Gasteiger partial charge in [-0.05, 0) is 43.4 Å². The van der Waals surface area contributed by atoms with E-state index in [9.17, 15) is 9.59 Å². The molecule has 0 atom stereocenters. The zero-order valence-electron chi connectivity index (χ0n) is 14.6. The lowest BCUT2D eigenvalue weighted by Crippen LogP contribution is -2.46. The molecule has 7 heteroatoms. The predicted octanol–water partition coefficient (Wildman–Crippen LogP) is 1.85. The molecule has 2 N–H and O–H groups in total. The van der Waals surface area contributed by atoms with Crippen LogP contribution in [0.25, 0.3) is 0 Å². The Balaban J connectivity index is 0.00000225. The van der Waals surface area contributed by atoms with E-state index in [1.165, 1.54) is 7.11 Å². The molecule has 1 aromatic carbocycles.